The van der Waals surface area contributed by atoms with Crippen LogP contribution in [0.25, 0.3) is 22.2 Å². The number of ether oxygens (including phenoxy) is 2. The van der Waals surface area contributed by atoms with Gasteiger partial charge in [-0.15, -0.1) is 0 Å². The van der Waals surface area contributed by atoms with E-state index in [1.807, 2.05) is 61.5 Å². The highest BCUT2D eigenvalue weighted by Crippen LogP contribution is 2.37. The van der Waals surface area contributed by atoms with Crippen LogP contribution < -0.4 is 14.8 Å². The molecule has 0 radical (unpaired) electrons. The molecule has 0 amide bonds. The highest BCUT2D eigenvalue weighted by molar-refractivity contribution is 5.98. The second-order valence-electron chi connectivity index (χ2n) is 6.80. The number of methoxy groups -OCH3 is 1. The minimum Gasteiger partial charge on any atom is -0.497 e. The van der Waals surface area contributed by atoms with Crippen molar-refractivity contribution in [3.63, 3.8) is 0 Å². The summed E-state index contributed by atoms with van der Waals surface area (Å²) in [5.74, 6) is 1.31. The second kappa shape index (κ2) is 9.03. The SMILES string of the molecule is CCOc1nc2nc(Nc3ccc(OC)cc3)c(C#N)cc2c(-c2ccccc2)c1C#N. The van der Waals surface area contributed by atoms with Gasteiger partial charge in [0.05, 0.1) is 19.3 Å². The van der Waals surface area contributed by atoms with Gasteiger partial charge in [-0.05, 0) is 42.8 Å². The number of hydrogen-bond acceptors (Lipinski definition) is 7. The summed E-state index contributed by atoms with van der Waals surface area (Å²) in [6.07, 6.45) is 0. The van der Waals surface area contributed by atoms with Crippen LogP contribution in [0.2, 0.25) is 0 Å². The van der Waals surface area contributed by atoms with Crippen molar-refractivity contribution in [2.45, 2.75) is 6.92 Å². The van der Waals surface area contributed by atoms with Crippen molar-refractivity contribution in [1.82, 2.24) is 9.97 Å². The van der Waals surface area contributed by atoms with Crippen molar-refractivity contribution in [2.75, 3.05) is 19.0 Å². The number of fused-ring (bicyclic) bond motifs is 1. The maximum Gasteiger partial charge on any atom is 0.234 e. The van der Waals surface area contributed by atoms with Gasteiger partial charge in [0, 0.05) is 16.6 Å². The van der Waals surface area contributed by atoms with Gasteiger partial charge in [0.2, 0.25) is 5.88 Å². The van der Waals surface area contributed by atoms with Crippen molar-refractivity contribution in [3.05, 3.63) is 71.8 Å². The van der Waals surface area contributed by atoms with E-state index in [0.29, 0.717) is 40.1 Å². The van der Waals surface area contributed by atoms with Crippen molar-refractivity contribution >= 4 is 22.5 Å². The first-order valence-electron chi connectivity index (χ1n) is 9.96. The number of nitriles is 2. The van der Waals surface area contributed by atoms with Gasteiger partial charge in [-0.3, -0.25) is 0 Å². The van der Waals surface area contributed by atoms with Crippen LogP contribution in [0.3, 0.4) is 0 Å². The van der Waals surface area contributed by atoms with Gasteiger partial charge in [-0.2, -0.15) is 15.5 Å². The fraction of sp³-hybridized carbons (Fsp3) is 0.120. The number of aromatic nitrogens is 2. The lowest BCUT2D eigenvalue weighted by molar-refractivity contribution is 0.327. The van der Waals surface area contributed by atoms with Crippen LogP contribution in [0.15, 0.2) is 60.7 Å². The minimum atomic E-state index is 0.217. The second-order valence-corrected chi connectivity index (χ2v) is 6.80. The molecule has 0 spiro atoms. The summed E-state index contributed by atoms with van der Waals surface area (Å²) in [6, 6.07) is 22.9. The van der Waals surface area contributed by atoms with Crippen LogP contribution >= 0.6 is 0 Å². The first-order chi connectivity index (χ1) is 15.7. The Kier molecular flexibility index (Phi) is 5.83. The van der Waals surface area contributed by atoms with Crippen molar-refractivity contribution in [3.8, 4) is 34.9 Å². The van der Waals surface area contributed by atoms with E-state index >= 15 is 0 Å². The molecule has 156 valence electrons. The van der Waals surface area contributed by atoms with E-state index in [4.69, 9.17) is 9.47 Å². The number of rotatable bonds is 6. The molecule has 4 aromatic rings. The van der Waals surface area contributed by atoms with E-state index < -0.39 is 0 Å². The van der Waals surface area contributed by atoms with Gasteiger partial charge in [-0.1, -0.05) is 30.3 Å². The Morgan fingerprint density at radius 2 is 1.72 bits per heavy atom. The maximum atomic E-state index is 9.89. The third-order valence-electron chi connectivity index (χ3n) is 4.87. The van der Waals surface area contributed by atoms with Crippen LogP contribution in [-0.2, 0) is 0 Å². The first-order valence-corrected chi connectivity index (χ1v) is 9.96. The largest absolute Gasteiger partial charge is 0.497 e. The number of nitrogens with zero attached hydrogens (tertiary/aromatic N) is 4. The molecule has 0 atom stereocenters. The third kappa shape index (κ3) is 3.88. The lowest BCUT2D eigenvalue weighted by Crippen LogP contribution is -2.04. The van der Waals surface area contributed by atoms with Gasteiger partial charge >= 0.3 is 0 Å². The molecule has 0 aliphatic carbocycles. The Labute approximate surface area is 185 Å². The molecular formula is C25H19N5O2. The highest BCUT2D eigenvalue weighted by Gasteiger charge is 2.20. The van der Waals surface area contributed by atoms with Crippen LogP contribution in [0.4, 0.5) is 11.5 Å². The average molecular weight is 421 g/mol. The molecule has 0 unspecified atom stereocenters. The number of benzene rings is 2. The molecule has 1 N–H and O–H groups in total. The van der Waals surface area contributed by atoms with E-state index in [1.54, 1.807) is 13.2 Å². The lowest BCUT2D eigenvalue weighted by atomic mass is 9.97. The van der Waals surface area contributed by atoms with Crippen LogP contribution in [0.1, 0.15) is 18.1 Å². The molecule has 2 aromatic heterocycles. The van der Waals surface area contributed by atoms with Gasteiger partial charge < -0.3 is 14.8 Å². The van der Waals surface area contributed by atoms with Crippen LogP contribution in [0.5, 0.6) is 11.6 Å². The fourth-order valence-corrected chi connectivity index (χ4v) is 3.41. The Balaban J connectivity index is 1.94. The molecule has 0 saturated carbocycles. The quantitative estimate of drug-likeness (QED) is 0.457. The molecule has 7 nitrogen and oxygen atoms in total. The van der Waals surface area contributed by atoms with Crippen LogP contribution in [0, 0.1) is 22.7 Å². The molecular weight excluding hydrogens is 402 g/mol. The molecule has 0 saturated heterocycles. The Hall–Kier alpha value is -4.62. The van der Waals surface area contributed by atoms with Crippen molar-refractivity contribution < 1.29 is 9.47 Å². The van der Waals surface area contributed by atoms with E-state index in [2.05, 4.69) is 27.4 Å². The number of nitrogens with one attached hydrogen (secondary N) is 1. The topological polar surface area (TPSA) is 104 Å². The number of hydrogen-bond donors (Lipinski definition) is 1. The smallest absolute Gasteiger partial charge is 0.234 e. The average Bonchev–Trinajstić information content (AvgIpc) is 2.84. The van der Waals surface area contributed by atoms with E-state index in [-0.39, 0.29) is 5.88 Å². The zero-order valence-corrected chi connectivity index (χ0v) is 17.6. The summed E-state index contributed by atoms with van der Waals surface area (Å²) in [4.78, 5) is 9.12. The van der Waals surface area contributed by atoms with Crippen molar-refractivity contribution in [2.24, 2.45) is 0 Å². The predicted octanol–water partition coefficient (Wildman–Crippen LogP) is 5.19. The minimum absolute atomic E-state index is 0.217. The zero-order valence-electron chi connectivity index (χ0n) is 17.6. The summed E-state index contributed by atoms with van der Waals surface area (Å²) >= 11 is 0. The van der Waals surface area contributed by atoms with Gasteiger partial charge in [0.1, 0.15) is 23.5 Å². The standard InChI is InChI=1S/C25H19N5O2/c1-3-32-25-21(15-27)22(16-7-5-4-6-8-16)20-13-17(14-26)23(29-24(20)30-25)28-18-9-11-19(31-2)12-10-18/h4-13H,3H2,1-2H3,(H,28,29,30). The molecule has 7 heteroatoms. The van der Waals surface area contributed by atoms with Gasteiger partial charge in [0.25, 0.3) is 0 Å². The first kappa shape index (κ1) is 20.6. The molecule has 2 heterocycles. The summed E-state index contributed by atoms with van der Waals surface area (Å²) in [5.41, 5.74) is 3.23. The lowest BCUT2D eigenvalue weighted by Gasteiger charge is -2.15. The molecule has 4 rings (SSSR count). The number of anilines is 2. The molecule has 0 bridgehead atoms. The van der Waals surface area contributed by atoms with E-state index in [1.165, 1.54) is 0 Å². The summed E-state index contributed by atoms with van der Waals surface area (Å²) < 4.78 is 10.9. The van der Waals surface area contributed by atoms with Gasteiger partial charge in [0.15, 0.2) is 11.5 Å². The zero-order chi connectivity index (χ0) is 22.5. The van der Waals surface area contributed by atoms with Crippen LogP contribution in [-0.4, -0.2) is 23.7 Å². The normalized spacial score (nSPS) is 10.2. The Morgan fingerprint density at radius 1 is 0.969 bits per heavy atom. The number of pyridine rings is 2. The molecule has 32 heavy (non-hydrogen) atoms. The van der Waals surface area contributed by atoms with E-state index in [9.17, 15) is 10.5 Å². The molecule has 0 aliphatic heterocycles. The monoisotopic (exact) mass is 421 g/mol. The predicted molar refractivity (Wildman–Crippen MR) is 122 cm³/mol. The molecule has 0 aliphatic rings. The summed E-state index contributed by atoms with van der Waals surface area (Å²) in [5, 5.41) is 23.5. The molecule has 0 fully saturated rings. The van der Waals surface area contributed by atoms with Crippen molar-refractivity contribution in [1.29, 1.82) is 10.5 Å². The van der Waals surface area contributed by atoms with E-state index in [0.717, 1.165) is 17.0 Å². The van der Waals surface area contributed by atoms with Gasteiger partial charge in [-0.25, -0.2) is 4.98 Å². The summed E-state index contributed by atoms with van der Waals surface area (Å²) in [6.45, 7) is 2.19. The Bertz CT molecular complexity index is 1350. The highest BCUT2D eigenvalue weighted by atomic mass is 16.5. The molecule has 2 aromatic carbocycles. The fourth-order valence-electron chi connectivity index (χ4n) is 3.41. The maximum absolute atomic E-state index is 9.89. The summed E-state index contributed by atoms with van der Waals surface area (Å²) in [7, 11) is 1.60. The Morgan fingerprint density at radius 3 is 2.34 bits per heavy atom. The third-order valence-corrected chi connectivity index (χ3v) is 4.87.